The van der Waals surface area contributed by atoms with Gasteiger partial charge in [0.05, 0.1) is 28.4 Å². The largest absolute Gasteiger partial charge is 0.306 e. The van der Waals surface area contributed by atoms with Crippen LogP contribution >= 0.6 is 0 Å². The minimum absolute atomic E-state index is 0.411. The normalized spacial score (nSPS) is 12.0. The Bertz CT molecular complexity index is 1470. The zero-order valence-corrected chi connectivity index (χ0v) is 18.3. The van der Waals surface area contributed by atoms with Crippen LogP contribution in [0.4, 0.5) is 34.1 Å². The summed E-state index contributed by atoms with van der Waals surface area (Å²) >= 11 is 0. The Kier molecular flexibility index (Phi) is 4.79. The van der Waals surface area contributed by atoms with Crippen LogP contribution in [0.1, 0.15) is 5.69 Å². The van der Waals surface area contributed by atoms with Crippen molar-refractivity contribution in [2.75, 3.05) is 9.80 Å². The van der Waals surface area contributed by atoms with Gasteiger partial charge in [0.15, 0.2) is 0 Å². The second-order valence-corrected chi connectivity index (χ2v) is 8.04. The van der Waals surface area contributed by atoms with Crippen LogP contribution in [0.2, 0.25) is 0 Å². The van der Waals surface area contributed by atoms with E-state index in [1.54, 1.807) is 12.3 Å². The number of nitriles is 1. The van der Waals surface area contributed by atoms with Crippen molar-refractivity contribution >= 4 is 34.1 Å². The number of nitrogens with zero attached hydrogens (tertiary/aromatic N) is 4. The number of para-hydroxylation sites is 6. The van der Waals surface area contributed by atoms with E-state index < -0.39 is 0 Å². The quantitative estimate of drug-likeness (QED) is 0.283. The summed E-state index contributed by atoms with van der Waals surface area (Å²) in [5.74, 6) is 0. The number of fused-ring (bicyclic) bond motifs is 2. The van der Waals surface area contributed by atoms with Gasteiger partial charge in [-0.25, -0.2) is 4.98 Å². The average molecular weight is 437 g/mol. The van der Waals surface area contributed by atoms with Gasteiger partial charge in [0.1, 0.15) is 11.8 Å². The molecule has 4 nitrogen and oxygen atoms in total. The molecule has 6 rings (SSSR count). The van der Waals surface area contributed by atoms with E-state index in [1.165, 1.54) is 0 Å². The van der Waals surface area contributed by atoms with Crippen LogP contribution in [0, 0.1) is 11.3 Å². The molecule has 2 heterocycles. The highest BCUT2D eigenvalue weighted by Gasteiger charge is 2.30. The summed E-state index contributed by atoms with van der Waals surface area (Å²) in [6, 6.07) is 41.6. The Morgan fingerprint density at radius 2 is 1.06 bits per heavy atom. The molecule has 0 saturated carbocycles. The molecular weight excluding hydrogens is 416 g/mol. The van der Waals surface area contributed by atoms with Crippen molar-refractivity contribution in [3.63, 3.8) is 0 Å². The van der Waals surface area contributed by atoms with Crippen LogP contribution in [-0.2, 0) is 0 Å². The predicted molar refractivity (Wildman–Crippen MR) is 137 cm³/mol. The standard InChI is InChI=1S/C30H20N4/c31-20-23-19-18-22(21-32-23)25-12-4-5-13-26(25)34-29-16-8-6-14-27(29)33(24-10-2-1-3-11-24)28-15-7-9-17-30(28)34/h1-19,21H. The van der Waals surface area contributed by atoms with Crippen LogP contribution in [0.25, 0.3) is 11.1 Å². The molecule has 0 N–H and O–H groups in total. The Labute approximate surface area is 198 Å². The number of pyridine rings is 1. The number of anilines is 6. The fraction of sp³-hybridized carbons (Fsp3) is 0. The van der Waals surface area contributed by atoms with Crippen molar-refractivity contribution in [3.8, 4) is 17.2 Å². The summed E-state index contributed by atoms with van der Waals surface area (Å²) in [6.07, 6.45) is 1.77. The molecule has 4 heteroatoms. The molecular formula is C30H20N4. The van der Waals surface area contributed by atoms with Gasteiger partial charge < -0.3 is 9.80 Å². The van der Waals surface area contributed by atoms with Gasteiger partial charge in [-0.1, -0.05) is 60.7 Å². The molecule has 1 aromatic heterocycles. The third kappa shape index (κ3) is 3.19. The van der Waals surface area contributed by atoms with Crippen molar-refractivity contribution in [3.05, 3.63) is 127 Å². The third-order valence-corrected chi connectivity index (χ3v) is 6.08. The minimum Gasteiger partial charge on any atom is -0.306 e. The van der Waals surface area contributed by atoms with Gasteiger partial charge in [-0.2, -0.15) is 5.26 Å². The summed E-state index contributed by atoms with van der Waals surface area (Å²) in [6.45, 7) is 0. The van der Waals surface area contributed by atoms with Gasteiger partial charge in [-0.15, -0.1) is 0 Å². The van der Waals surface area contributed by atoms with Crippen LogP contribution in [0.15, 0.2) is 121 Å². The van der Waals surface area contributed by atoms with E-state index in [0.29, 0.717) is 5.69 Å². The fourth-order valence-corrected chi connectivity index (χ4v) is 4.59. The Morgan fingerprint density at radius 3 is 1.62 bits per heavy atom. The van der Waals surface area contributed by atoms with Gasteiger partial charge >= 0.3 is 0 Å². The molecule has 0 bridgehead atoms. The molecule has 0 amide bonds. The smallest absolute Gasteiger partial charge is 0.140 e. The molecule has 0 unspecified atom stereocenters. The van der Waals surface area contributed by atoms with Gasteiger partial charge in [0, 0.05) is 23.0 Å². The number of benzene rings is 4. The molecule has 160 valence electrons. The van der Waals surface area contributed by atoms with Crippen LogP contribution < -0.4 is 9.80 Å². The molecule has 0 radical (unpaired) electrons. The lowest BCUT2D eigenvalue weighted by Crippen LogP contribution is -2.24. The van der Waals surface area contributed by atoms with E-state index in [1.807, 2.05) is 18.2 Å². The highest BCUT2D eigenvalue weighted by Crippen LogP contribution is 2.55. The molecule has 0 spiro atoms. The fourth-order valence-electron chi connectivity index (χ4n) is 4.59. The average Bonchev–Trinajstić information content (AvgIpc) is 2.92. The Balaban J connectivity index is 1.59. The number of rotatable bonds is 3. The third-order valence-electron chi connectivity index (χ3n) is 6.08. The first kappa shape index (κ1) is 19.8. The van der Waals surface area contributed by atoms with E-state index in [2.05, 4.69) is 112 Å². The van der Waals surface area contributed by atoms with Crippen LogP contribution in [0.5, 0.6) is 0 Å². The van der Waals surface area contributed by atoms with Gasteiger partial charge in [-0.3, -0.25) is 0 Å². The highest BCUT2D eigenvalue weighted by molar-refractivity contribution is 6.03. The molecule has 1 aliphatic rings. The molecule has 5 aromatic rings. The lowest BCUT2D eigenvalue weighted by molar-refractivity contribution is 1.17. The molecule has 0 aliphatic carbocycles. The monoisotopic (exact) mass is 436 g/mol. The van der Waals surface area contributed by atoms with E-state index in [0.717, 1.165) is 45.3 Å². The van der Waals surface area contributed by atoms with Crippen LogP contribution in [0.3, 0.4) is 0 Å². The molecule has 4 aromatic carbocycles. The molecule has 1 aliphatic heterocycles. The zero-order chi connectivity index (χ0) is 22.9. The summed E-state index contributed by atoms with van der Waals surface area (Å²) < 4.78 is 0. The number of hydrogen-bond acceptors (Lipinski definition) is 4. The Morgan fingerprint density at radius 1 is 0.529 bits per heavy atom. The number of aromatic nitrogens is 1. The second-order valence-electron chi connectivity index (χ2n) is 8.04. The maximum absolute atomic E-state index is 9.17. The molecule has 0 saturated heterocycles. The lowest BCUT2D eigenvalue weighted by atomic mass is 10.00. The van der Waals surface area contributed by atoms with Crippen molar-refractivity contribution < 1.29 is 0 Å². The predicted octanol–water partition coefficient (Wildman–Crippen LogP) is 7.87. The van der Waals surface area contributed by atoms with Crippen molar-refractivity contribution in [2.45, 2.75) is 0 Å². The van der Waals surface area contributed by atoms with E-state index in [4.69, 9.17) is 5.26 Å². The van der Waals surface area contributed by atoms with Crippen LogP contribution in [-0.4, -0.2) is 4.98 Å². The van der Waals surface area contributed by atoms with Gasteiger partial charge in [0.2, 0.25) is 0 Å². The van der Waals surface area contributed by atoms with Gasteiger partial charge in [0.25, 0.3) is 0 Å². The SMILES string of the molecule is N#Cc1ccc(-c2ccccc2N2c3ccccc3N(c3ccccc3)c3ccccc32)cn1. The summed E-state index contributed by atoms with van der Waals surface area (Å²) in [4.78, 5) is 8.94. The number of hydrogen-bond donors (Lipinski definition) is 0. The highest BCUT2D eigenvalue weighted by atomic mass is 15.3. The summed E-state index contributed by atoms with van der Waals surface area (Å²) in [7, 11) is 0. The van der Waals surface area contributed by atoms with E-state index >= 15 is 0 Å². The molecule has 0 atom stereocenters. The second kappa shape index (κ2) is 8.23. The molecule has 0 fully saturated rings. The van der Waals surface area contributed by atoms with E-state index in [-0.39, 0.29) is 0 Å². The van der Waals surface area contributed by atoms with Gasteiger partial charge in [-0.05, 0) is 54.6 Å². The lowest BCUT2D eigenvalue weighted by Gasteiger charge is -2.40. The zero-order valence-electron chi connectivity index (χ0n) is 18.3. The minimum atomic E-state index is 0.411. The maximum atomic E-state index is 9.17. The summed E-state index contributed by atoms with van der Waals surface area (Å²) in [5.41, 5.74) is 9.02. The first-order valence-electron chi connectivity index (χ1n) is 11.1. The van der Waals surface area contributed by atoms with Crippen molar-refractivity contribution in [2.24, 2.45) is 0 Å². The summed E-state index contributed by atoms with van der Waals surface area (Å²) in [5, 5.41) is 9.17. The Hall–Kier alpha value is -4.88. The first-order valence-corrected chi connectivity index (χ1v) is 11.1. The maximum Gasteiger partial charge on any atom is 0.140 e. The first-order chi connectivity index (χ1) is 16.8. The molecule has 34 heavy (non-hydrogen) atoms. The van der Waals surface area contributed by atoms with Crippen molar-refractivity contribution in [1.82, 2.24) is 4.98 Å². The van der Waals surface area contributed by atoms with Crippen molar-refractivity contribution in [1.29, 1.82) is 5.26 Å². The topological polar surface area (TPSA) is 43.2 Å². The van der Waals surface area contributed by atoms with E-state index in [9.17, 15) is 0 Å².